The fourth-order valence-electron chi connectivity index (χ4n) is 3.16. The first-order valence-electron chi connectivity index (χ1n) is 7.92. The van der Waals surface area contributed by atoms with Crippen molar-refractivity contribution in [2.75, 3.05) is 6.54 Å². The molecular formula is C19H17FN2O2. The fraction of sp³-hybridized carbons (Fsp3) is 0.211. The Bertz CT molecular complexity index is 919. The smallest absolute Gasteiger partial charge is 0.234 e. The standard InChI is InChI=1S/C19H17FN2O2/c20-15-3-1-2-13(9-15)18-10-14-8-12(4-5-17(14)24-18)11-22-7-6-16(22)19(21)23/h1-5,8-10,16H,6-7,11H2,(H2,21,23). The minimum atomic E-state index is -0.288. The van der Waals surface area contributed by atoms with Gasteiger partial charge in [0.05, 0.1) is 6.04 Å². The predicted molar refractivity (Wildman–Crippen MR) is 89.6 cm³/mol. The van der Waals surface area contributed by atoms with E-state index in [4.69, 9.17) is 10.2 Å². The molecule has 1 aromatic heterocycles. The van der Waals surface area contributed by atoms with Gasteiger partial charge in [0.1, 0.15) is 17.2 Å². The topological polar surface area (TPSA) is 59.5 Å². The molecule has 122 valence electrons. The lowest BCUT2D eigenvalue weighted by molar-refractivity contribution is -0.127. The van der Waals surface area contributed by atoms with Gasteiger partial charge in [-0.2, -0.15) is 0 Å². The van der Waals surface area contributed by atoms with E-state index in [0.717, 1.165) is 29.5 Å². The molecule has 1 saturated heterocycles. The van der Waals surface area contributed by atoms with E-state index < -0.39 is 0 Å². The van der Waals surface area contributed by atoms with E-state index in [1.54, 1.807) is 6.07 Å². The van der Waals surface area contributed by atoms with E-state index in [9.17, 15) is 9.18 Å². The predicted octanol–water partition coefficient (Wildman–Crippen LogP) is 3.30. The highest BCUT2D eigenvalue weighted by molar-refractivity contribution is 5.83. The number of likely N-dealkylation sites (tertiary alicyclic amines) is 1. The van der Waals surface area contributed by atoms with Crippen molar-refractivity contribution in [3.63, 3.8) is 0 Å². The molecule has 1 unspecified atom stereocenters. The Kier molecular flexibility index (Phi) is 3.58. The van der Waals surface area contributed by atoms with Crippen molar-refractivity contribution in [2.24, 2.45) is 5.73 Å². The molecule has 0 bridgehead atoms. The van der Waals surface area contributed by atoms with Crippen LogP contribution < -0.4 is 5.73 Å². The van der Waals surface area contributed by atoms with E-state index in [1.807, 2.05) is 30.3 Å². The van der Waals surface area contributed by atoms with Crippen LogP contribution in [0.1, 0.15) is 12.0 Å². The van der Waals surface area contributed by atoms with Crippen LogP contribution in [-0.4, -0.2) is 23.4 Å². The van der Waals surface area contributed by atoms with Gasteiger partial charge in [0.25, 0.3) is 0 Å². The summed E-state index contributed by atoms with van der Waals surface area (Å²) in [5.74, 6) is 0.0866. The Labute approximate surface area is 138 Å². The number of amides is 1. The molecule has 5 heteroatoms. The second kappa shape index (κ2) is 5.76. The first kappa shape index (κ1) is 14.9. The summed E-state index contributed by atoms with van der Waals surface area (Å²) in [6.45, 7) is 1.57. The third-order valence-corrected chi connectivity index (χ3v) is 4.53. The van der Waals surface area contributed by atoms with Gasteiger partial charge in [0, 0.05) is 24.0 Å². The van der Waals surface area contributed by atoms with Crippen molar-refractivity contribution >= 4 is 16.9 Å². The Morgan fingerprint density at radius 2 is 2.12 bits per heavy atom. The number of hydrogen-bond acceptors (Lipinski definition) is 3. The molecule has 1 atom stereocenters. The highest BCUT2D eigenvalue weighted by Gasteiger charge is 2.32. The Hall–Kier alpha value is -2.66. The second-order valence-electron chi connectivity index (χ2n) is 6.17. The molecule has 2 aromatic carbocycles. The molecule has 4 rings (SSSR count). The van der Waals surface area contributed by atoms with Crippen LogP contribution in [0.25, 0.3) is 22.3 Å². The number of furan rings is 1. The number of halogens is 1. The first-order valence-corrected chi connectivity index (χ1v) is 7.92. The van der Waals surface area contributed by atoms with Gasteiger partial charge in [0.2, 0.25) is 5.91 Å². The van der Waals surface area contributed by atoms with Crippen LogP contribution in [0.2, 0.25) is 0 Å². The number of carbonyl (C=O) groups excluding carboxylic acids is 1. The van der Waals surface area contributed by atoms with Crippen LogP contribution in [0.5, 0.6) is 0 Å². The lowest BCUT2D eigenvalue weighted by atomic mass is 10.0. The van der Waals surface area contributed by atoms with Crippen LogP contribution in [0.15, 0.2) is 52.9 Å². The Morgan fingerprint density at radius 3 is 2.83 bits per heavy atom. The lowest BCUT2D eigenvalue weighted by Gasteiger charge is -2.38. The minimum absolute atomic E-state index is 0.159. The van der Waals surface area contributed by atoms with Gasteiger partial charge in [-0.3, -0.25) is 9.69 Å². The number of primary amides is 1. The summed E-state index contributed by atoms with van der Waals surface area (Å²) in [7, 11) is 0. The molecule has 2 heterocycles. The molecule has 0 aliphatic carbocycles. The molecule has 0 radical (unpaired) electrons. The van der Waals surface area contributed by atoms with E-state index in [2.05, 4.69) is 4.90 Å². The van der Waals surface area contributed by atoms with E-state index in [0.29, 0.717) is 17.9 Å². The summed E-state index contributed by atoms with van der Waals surface area (Å²) < 4.78 is 19.2. The van der Waals surface area contributed by atoms with E-state index >= 15 is 0 Å². The number of hydrogen-bond donors (Lipinski definition) is 1. The molecule has 0 spiro atoms. The number of fused-ring (bicyclic) bond motifs is 1. The highest BCUT2D eigenvalue weighted by Crippen LogP contribution is 2.30. The molecule has 2 N–H and O–H groups in total. The summed E-state index contributed by atoms with van der Waals surface area (Å²) in [4.78, 5) is 13.4. The van der Waals surface area contributed by atoms with Crippen LogP contribution in [0.3, 0.4) is 0 Å². The number of carbonyl (C=O) groups is 1. The molecule has 1 aliphatic heterocycles. The van der Waals surface area contributed by atoms with Crippen LogP contribution in [-0.2, 0) is 11.3 Å². The van der Waals surface area contributed by atoms with Gasteiger partial charge < -0.3 is 10.2 Å². The van der Waals surface area contributed by atoms with Crippen LogP contribution >= 0.6 is 0 Å². The molecule has 3 aromatic rings. The molecule has 1 aliphatic rings. The molecule has 1 fully saturated rings. The first-order chi connectivity index (χ1) is 11.6. The Balaban J connectivity index is 1.61. The number of benzene rings is 2. The van der Waals surface area contributed by atoms with E-state index in [-0.39, 0.29) is 17.8 Å². The van der Waals surface area contributed by atoms with Gasteiger partial charge in [-0.15, -0.1) is 0 Å². The van der Waals surface area contributed by atoms with Crippen molar-refractivity contribution in [3.05, 3.63) is 59.9 Å². The molecular weight excluding hydrogens is 307 g/mol. The largest absolute Gasteiger partial charge is 0.456 e. The average molecular weight is 324 g/mol. The van der Waals surface area contributed by atoms with Gasteiger partial charge in [0.15, 0.2) is 0 Å². The summed E-state index contributed by atoms with van der Waals surface area (Å²) in [5, 5.41) is 0.961. The third-order valence-electron chi connectivity index (χ3n) is 4.53. The maximum atomic E-state index is 13.4. The zero-order chi connectivity index (χ0) is 16.7. The molecule has 0 saturated carbocycles. The van der Waals surface area contributed by atoms with Gasteiger partial charge in [-0.25, -0.2) is 4.39 Å². The van der Waals surface area contributed by atoms with Crippen molar-refractivity contribution in [3.8, 4) is 11.3 Å². The summed E-state index contributed by atoms with van der Waals surface area (Å²) in [6, 6.07) is 14.0. The van der Waals surface area contributed by atoms with Crippen LogP contribution in [0, 0.1) is 5.82 Å². The maximum absolute atomic E-state index is 13.4. The normalized spacial score (nSPS) is 17.8. The lowest BCUT2D eigenvalue weighted by Crippen LogP contribution is -2.54. The zero-order valence-electron chi connectivity index (χ0n) is 13.0. The van der Waals surface area contributed by atoms with Crippen molar-refractivity contribution in [1.29, 1.82) is 0 Å². The quantitative estimate of drug-likeness (QED) is 0.801. The Morgan fingerprint density at radius 1 is 1.25 bits per heavy atom. The van der Waals surface area contributed by atoms with Crippen molar-refractivity contribution < 1.29 is 13.6 Å². The number of rotatable bonds is 4. The fourth-order valence-corrected chi connectivity index (χ4v) is 3.16. The SMILES string of the molecule is NC(=O)C1CCN1Cc1ccc2oc(-c3cccc(F)c3)cc2c1. The van der Waals surface area contributed by atoms with Crippen molar-refractivity contribution in [2.45, 2.75) is 19.0 Å². The highest BCUT2D eigenvalue weighted by atomic mass is 19.1. The van der Waals surface area contributed by atoms with Crippen LogP contribution in [0.4, 0.5) is 4.39 Å². The number of nitrogens with two attached hydrogens (primary N) is 1. The number of nitrogens with zero attached hydrogens (tertiary/aromatic N) is 1. The second-order valence-corrected chi connectivity index (χ2v) is 6.17. The summed E-state index contributed by atoms with van der Waals surface area (Å²) in [5.41, 5.74) is 7.95. The van der Waals surface area contributed by atoms with Gasteiger partial charge in [-0.05, 0) is 42.3 Å². The van der Waals surface area contributed by atoms with E-state index in [1.165, 1.54) is 12.1 Å². The maximum Gasteiger partial charge on any atom is 0.234 e. The minimum Gasteiger partial charge on any atom is -0.456 e. The molecule has 4 nitrogen and oxygen atoms in total. The molecule has 1 amide bonds. The van der Waals surface area contributed by atoms with Gasteiger partial charge in [-0.1, -0.05) is 18.2 Å². The summed E-state index contributed by atoms with van der Waals surface area (Å²) in [6.07, 6.45) is 0.826. The average Bonchev–Trinajstić information content (AvgIpc) is 2.94. The van der Waals surface area contributed by atoms with Crippen molar-refractivity contribution in [1.82, 2.24) is 4.90 Å². The van der Waals surface area contributed by atoms with Gasteiger partial charge >= 0.3 is 0 Å². The molecule has 24 heavy (non-hydrogen) atoms. The third kappa shape index (κ3) is 2.67. The zero-order valence-corrected chi connectivity index (χ0v) is 13.0. The monoisotopic (exact) mass is 324 g/mol. The summed E-state index contributed by atoms with van der Waals surface area (Å²) >= 11 is 0.